The molecule has 0 radical (unpaired) electrons. The molecule has 2 heteroatoms. The Bertz CT molecular complexity index is 1410. The van der Waals surface area contributed by atoms with E-state index in [9.17, 15) is 0 Å². The van der Waals surface area contributed by atoms with Gasteiger partial charge in [-0.25, -0.2) is 0 Å². The standard InChI is InChI=1S/C32H38.2C4H5.2Hg/c1-8-9-10-11-22-12-13-23(18-22)19-28-29-20-24(31(2,3)4)14-16-26(29)27-17-15-25(21-30(27)28)32(5,6)7;2*1-3-4-2;;/h8,12-17,20-21,28H,1,9-11,18H2,2-7H3;2*1H2,2H3;;. The second-order valence-corrected chi connectivity index (χ2v) is 47.1. The van der Waals surface area contributed by atoms with Crippen LogP contribution in [-0.4, -0.2) is 0 Å². The van der Waals surface area contributed by atoms with Crippen molar-refractivity contribution in [3.8, 4) is 34.8 Å². The fraction of sp³-hybridized carbons (Fsp3) is 0.450. The van der Waals surface area contributed by atoms with Gasteiger partial charge in [0.05, 0.1) is 0 Å². The van der Waals surface area contributed by atoms with Crippen molar-refractivity contribution in [1.82, 2.24) is 0 Å². The van der Waals surface area contributed by atoms with Crippen LogP contribution in [0, 0.1) is 23.7 Å². The van der Waals surface area contributed by atoms with Gasteiger partial charge in [-0.15, -0.1) is 0 Å². The number of hydrogen-bond donors (Lipinski definition) is 0. The molecule has 0 unspecified atom stereocenters. The van der Waals surface area contributed by atoms with Crippen molar-refractivity contribution in [1.29, 1.82) is 0 Å². The van der Waals surface area contributed by atoms with E-state index in [0.717, 1.165) is 6.42 Å². The first-order valence-corrected chi connectivity index (χ1v) is 29.3. The summed E-state index contributed by atoms with van der Waals surface area (Å²) in [7, 11) is 0. The summed E-state index contributed by atoms with van der Waals surface area (Å²) in [5.74, 6) is 14.3. The summed E-state index contributed by atoms with van der Waals surface area (Å²) < 4.78 is 2.74. The van der Waals surface area contributed by atoms with Gasteiger partial charge in [-0.05, 0) is 0 Å². The zero-order chi connectivity index (χ0) is 30.5. The van der Waals surface area contributed by atoms with E-state index in [-0.39, 0.29) is 10.8 Å². The topological polar surface area (TPSA) is 0 Å². The second-order valence-electron chi connectivity index (χ2n) is 14.4. The molecule has 4 rings (SSSR count). The molecule has 0 aliphatic heterocycles. The van der Waals surface area contributed by atoms with Crippen LogP contribution in [0.3, 0.4) is 0 Å². The SMILES string of the molecule is C=CCCCC1=CC=C([C]([Hg][CH2]C#CC)([Hg][CH2]C#CC)C2c3cc(C(C)(C)C)ccc3-c3ccc(C(C)(C)C)cc32)C1. The minimum absolute atomic E-state index is 0.121. The predicted molar refractivity (Wildman–Crippen MR) is 175 cm³/mol. The zero-order valence-corrected chi connectivity index (χ0v) is 38.6. The molecule has 42 heavy (non-hydrogen) atoms. The van der Waals surface area contributed by atoms with Crippen LogP contribution in [0.25, 0.3) is 11.1 Å². The van der Waals surface area contributed by atoms with E-state index < -0.39 is 49.1 Å². The third-order valence-corrected chi connectivity index (χ3v) is 51.2. The van der Waals surface area contributed by atoms with Crippen molar-refractivity contribution < 1.29 is 49.1 Å². The molecule has 0 heterocycles. The van der Waals surface area contributed by atoms with Gasteiger partial charge >= 0.3 is 285 Å². The van der Waals surface area contributed by atoms with Crippen LogP contribution in [0.1, 0.15) is 109 Å². The zero-order valence-electron chi connectivity index (χ0n) is 27.6. The Morgan fingerprint density at radius 3 is 1.79 bits per heavy atom. The van der Waals surface area contributed by atoms with Crippen LogP contribution >= 0.6 is 0 Å². The maximum atomic E-state index is 3.97. The monoisotopic (exact) mass is 932 g/mol. The second kappa shape index (κ2) is 14.2. The van der Waals surface area contributed by atoms with Crippen LogP contribution < -0.4 is 0 Å². The summed E-state index contributed by atoms with van der Waals surface area (Å²) in [6.07, 6.45) is 11.8. The molecule has 0 fully saturated rings. The minimum atomic E-state index is -1.58. The average molecular weight is 930 g/mol. The first-order valence-electron chi connectivity index (χ1n) is 16.0. The molecule has 0 spiro atoms. The molecular formula is C40H48Hg2. The van der Waals surface area contributed by atoms with Gasteiger partial charge in [0.15, 0.2) is 0 Å². The number of unbranched alkanes of at least 4 members (excludes halogenated alkanes) is 1. The van der Waals surface area contributed by atoms with E-state index in [1.54, 1.807) is 22.3 Å². The molecule has 2 aromatic rings. The molecule has 0 N–H and O–H groups in total. The Balaban J connectivity index is 1.97. The van der Waals surface area contributed by atoms with Gasteiger partial charge in [-0.2, -0.15) is 0 Å². The average Bonchev–Trinajstić information content (AvgIpc) is 3.54. The van der Waals surface area contributed by atoms with Crippen LogP contribution in [0.2, 0.25) is 8.29 Å². The summed E-state index contributed by atoms with van der Waals surface area (Å²) in [5, 5.41) is 0. The van der Waals surface area contributed by atoms with Crippen molar-refractivity contribution in [2.75, 3.05) is 0 Å². The van der Waals surface area contributed by atoms with Crippen molar-refractivity contribution in [2.45, 2.75) is 106 Å². The molecule has 2 aromatic carbocycles. The fourth-order valence-electron chi connectivity index (χ4n) is 7.10. The predicted octanol–water partition coefficient (Wildman–Crippen LogP) is 11.2. The van der Waals surface area contributed by atoms with Crippen LogP contribution in [0.5, 0.6) is 0 Å². The van der Waals surface area contributed by atoms with Gasteiger partial charge < -0.3 is 0 Å². The van der Waals surface area contributed by atoms with Gasteiger partial charge in [0.1, 0.15) is 0 Å². The summed E-state index contributed by atoms with van der Waals surface area (Å²) in [5.41, 5.74) is 12.8. The molecule has 2 aliphatic carbocycles. The molecule has 2 aliphatic rings. The number of fused-ring (bicyclic) bond motifs is 3. The van der Waals surface area contributed by atoms with E-state index in [1.165, 1.54) is 49.4 Å². The fourth-order valence-corrected chi connectivity index (χ4v) is 45.1. The Kier molecular flexibility index (Phi) is 11.3. The van der Waals surface area contributed by atoms with E-state index in [4.69, 9.17) is 0 Å². The van der Waals surface area contributed by atoms with Crippen molar-refractivity contribution in [3.05, 3.63) is 94.6 Å². The number of benzene rings is 2. The molecule has 0 saturated heterocycles. The van der Waals surface area contributed by atoms with Gasteiger partial charge in [-0.1, -0.05) is 0 Å². The van der Waals surface area contributed by atoms with Crippen molar-refractivity contribution >= 4 is 0 Å². The molecular weight excluding hydrogens is 882 g/mol. The normalized spacial score (nSPS) is 14.3. The van der Waals surface area contributed by atoms with Gasteiger partial charge in [0.25, 0.3) is 0 Å². The molecule has 0 nitrogen and oxygen atoms in total. The Morgan fingerprint density at radius 2 is 1.33 bits per heavy atom. The maximum absolute atomic E-state index is 3.97. The van der Waals surface area contributed by atoms with Gasteiger partial charge in [-0.3, -0.25) is 0 Å². The molecule has 0 amide bonds. The molecule has 0 saturated carbocycles. The van der Waals surface area contributed by atoms with Crippen LogP contribution in [0.15, 0.2) is 72.4 Å². The number of hydrogen-bond acceptors (Lipinski definition) is 0. The van der Waals surface area contributed by atoms with E-state index >= 15 is 0 Å². The number of rotatable bonds is 10. The summed E-state index contributed by atoms with van der Waals surface area (Å²) in [6, 6.07) is 15.0. The summed E-state index contributed by atoms with van der Waals surface area (Å²) >= 11 is -3.16. The van der Waals surface area contributed by atoms with E-state index in [0.29, 0.717) is 6.35 Å². The quantitative estimate of drug-likeness (QED) is 0.0964. The summed E-state index contributed by atoms with van der Waals surface area (Å²) in [6.45, 7) is 22.2. The van der Waals surface area contributed by atoms with E-state index in [2.05, 4.69) is 126 Å². The number of allylic oxidation sites excluding steroid dienone is 5. The Morgan fingerprint density at radius 1 is 0.810 bits per heavy atom. The Hall–Kier alpha value is -1.35. The Labute approximate surface area is 282 Å². The van der Waals surface area contributed by atoms with Crippen LogP contribution in [0.4, 0.5) is 0 Å². The van der Waals surface area contributed by atoms with Crippen molar-refractivity contribution in [2.24, 2.45) is 0 Å². The first-order chi connectivity index (χ1) is 20.0. The first kappa shape index (κ1) is 33.5. The third-order valence-electron chi connectivity index (χ3n) is 9.53. The summed E-state index contributed by atoms with van der Waals surface area (Å²) in [4.78, 5) is 0. The van der Waals surface area contributed by atoms with E-state index in [1.807, 2.05) is 13.8 Å². The molecule has 0 aromatic heterocycles. The molecule has 212 valence electrons. The van der Waals surface area contributed by atoms with Gasteiger partial charge in [0, 0.05) is 0 Å². The molecule has 0 bridgehead atoms. The third kappa shape index (κ3) is 7.30. The van der Waals surface area contributed by atoms with Crippen molar-refractivity contribution in [3.63, 3.8) is 0 Å². The molecule has 0 atom stereocenters. The van der Waals surface area contributed by atoms with Crippen LogP contribution in [-0.2, 0) is 60.0 Å². The van der Waals surface area contributed by atoms with Gasteiger partial charge in [0.2, 0.25) is 0 Å².